The Morgan fingerprint density at radius 1 is 0.979 bits per heavy atom. The van der Waals surface area contributed by atoms with Crippen molar-refractivity contribution in [1.29, 1.82) is 0 Å². The van der Waals surface area contributed by atoms with E-state index in [4.69, 9.17) is 10.5 Å². The van der Waals surface area contributed by atoms with Crippen molar-refractivity contribution in [2.75, 3.05) is 17.6 Å². The monoisotopic (exact) mass is 639 g/mol. The van der Waals surface area contributed by atoms with E-state index in [1.54, 1.807) is 36.7 Å². The predicted octanol–water partition coefficient (Wildman–Crippen LogP) is 4.99. The van der Waals surface area contributed by atoms with Crippen LogP contribution in [0.25, 0.3) is 22.5 Å². The predicted molar refractivity (Wildman–Crippen MR) is 177 cm³/mol. The second-order valence-electron chi connectivity index (χ2n) is 13.0. The van der Waals surface area contributed by atoms with Crippen LogP contribution in [0.3, 0.4) is 0 Å². The highest BCUT2D eigenvalue weighted by Crippen LogP contribution is 2.32. The smallest absolute Gasteiger partial charge is 0.407 e. The summed E-state index contributed by atoms with van der Waals surface area (Å²) < 4.78 is 5.34. The van der Waals surface area contributed by atoms with E-state index < -0.39 is 17.6 Å². The van der Waals surface area contributed by atoms with Crippen molar-refractivity contribution in [2.45, 2.75) is 64.9 Å². The van der Waals surface area contributed by atoms with Gasteiger partial charge < -0.3 is 21.1 Å². The largest absolute Gasteiger partial charge is 0.444 e. The molecule has 246 valence electrons. The maximum absolute atomic E-state index is 13.8. The van der Waals surface area contributed by atoms with Gasteiger partial charge in [0.25, 0.3) is 0 Å². The van der Waals surface area contributed by atoms with E-state index in [9.17, 15) is 14.4 Å². The molecule has 0 radical (unpaired) electrons. The summed E-state index contributed by atoms with van der Waals surface area (Å²) in [5.74, 6) is 0.0499. The van der Waals surface area contributed by atoms with Crippen molar-refractivity contribution in [3.63, 3.8) is 0 Å². The Morgan fingerprint density at radius 2 is 1.70 bits per heavy atom. The maximum Gasteiger partial charge on any atom is 0.407 e. The van der Waals surface area contributed by atoms with Gasteiger partial charge in [-0.3, -0.25) is 9.59 Å². The molecule has 47 heavy (non-hydrogen) atoms. The number of nitrogens with zero attached hydrogens (tertiary/aromatic N) is 5. The van der Waals surface area contributed by atoms with Crippen LogP contribution in [0.5, 0.6) is 0 Å². The number of tetrazole rings is 1. The fourth-order valence-corrected chi connectivity index (χ4v) is 5.78. The van der Waals surface area contributed by atoms with Crippen molar-refractivity contribution < 1.29 is 19.1 Å². The fourth-order valence-electron chi connectivity index (χ4n) is 5.78. The Balaban J connectivity index is 1.25. The van der Waals surface area contributed by atoms with Crippen molar-refractivity contribution in [3.05, 3.63) is 66.5 Å². The molecule has 1 saturated carbocycles. The number of Topliss-reactive ketones (excluding diaryl/α,β-unsaturated/α-hetero) is 1. The molecule has 0 saturated heterocycles. The van der Waals surface area contributed by atoms with Crippen LogP contribution in [0.15, 0.2) is 60.9 Å². The summed E-state index contributed by atoms with van der Waals surface area (Å²) in [7, 11) is 0. The van der Waals surface area contributed by atoms with E-state index >= 15 is 0 Å². The van der Waals surface area contributed by atoms with Crippen LogP contribution in [-0.4, -0.2) is 60.5 Å². The van der Waals surface area contributed by atoms with E-state index in [1.165, 1.54) is 0 Å². The second-order valence-corrected chi connectivity index (χ2v) is 13.0. The zero-order valence-corrected chi connectivity index (χ0v) is 26.9. The molecule has 1 aliphatic carbocycles. The number of ketones is 1. The number of anilines is 2. The minimum atomic E-state index is -0.594. The summed E-state index contributed by atoms with van der Waals surface area (Å²) in [5, 5.41) is 19.9. The molecule has 1 fully saturated rings. The van der Waals surface area contributed by atoms with Gasteiger partial charge in [0.1, 0.15) is 11.4 Å². The molecule has 1 aliphatic rings. The SMILES string of the molecule is CC(C)(C)OC(=O)NCC1CCC(C(=O)C[C@@H](Cc2cccc(-c3cnc(N)nc3)c2)C(=O)Nc2ccc(-c3nn[nH]n3)cc2)CC1. The molecule has 5 rings (SSSR count). The second kappa shape index (κ2) is 14.9. The van der Waals surface area contributed by atoms with Crippen LogP contribution >= 0.6 is 0 Å². The topological polar surface area (TPSA) is 191 Å². The van der Waals surface area contributed by atoms with Crippen LogP contribution < -0.4 is 16.4 Å². The molecule has 1 atom stereocenters. The summed E-state index contributed by atoms with van der Waals surface area (Å²) in [5.41, 5.74) is 9.07. The van der Waals surface area contributed by atoms with Gasteiger partial charge in [-0.15, -0.1) is 10.2 Å². The molecule has 0 unspecified atom stereocenters. The lowest BCUT2D eigenvalue weighted by Gasteiger charge is -2.29. The number of ether oxygens (including phenoxy) is 1. The minimum Gasteiger partial charge on any atom is -0.444 e. The average molecular weight is 640 g/mol. The first-order valence-electron chi connectivity index (χ1n) is 15.8. The quantitative estimate of drug-likeness (QED) is 0.174. The third-order valence-electron chi connectivity index (χ3n) is 8.22. The van der Waals surface area contributed by atoms with E-state index in [-0.39, 0.29) is 35.9 Å². The van der Waals surface area contributed by atoms with Crippen molar-refractivity contribution in [1.82, 2.24) is 35.9 Å². The number of nitrogens with one attached hydrogen (secondary N) is 3. The minimum absolute atomic E-state index is 0.0826. The van der Waals surface area contributed by atoms with Crippen LogP contribution in [-0.2, 0) is 20.7 Å². The van der Waals surface area contributed by atoms with Gasteiger partial charge in [0, 0.05) is 54.0 Å². The van der Waals surface area contributed by atoms with Gasteiger partial charge in [-0.2, -0.15) is 5.21 Å². The van der Waals surface area contributed by atoms with Gasteiger partial charge in [-0.1, -0.05) is 24.3 Å². The number of amides is 2. The lowest BCUT2D eigenvalue weighted by molar-refractivity contribution is -0.129. The number of carbonyl (C=O) groups excluding carboxylic acids is 3. The van der Waals surface area contributed by atoms with Gasteiger partial charge in [-0.25, -0.2) is 14.8 Å². The number of nitrogens with two attached hydrogens (primary N) is 1. The maximum atomic E-state index is 13.8. The third-order valence-corrected chi connectivity index (χ3v) is 8.22. The van der Waals surface area contributed by atoms with E-state index in [2.05, 4.69) is 41.2 Å². The Hall–Kier alpha value is -5.20. The summed E-state index contributed by atoms with van der Waals surface area (Å²) in [6.07, 6.45) is 6.46. The number of aromatic amines is 1. The number of nitrogen functional groups attached to an aromatic ring is 1. The third kappa shape index (κ3) is 9.65. The molecule has 0 spiro atoms. The number of benzene rings is 2. The van der Waals surface area contributed by atoms with Crippen molar-refractivity contribution in [3.8, 4) is 22.5 Å². The summed E-state index contributed by atoms with van der Waals surface area (Å²) in [6.45, 7) is 6.00. The Labute approximate surface area is 273 Å². The highest BCUT2D eigenvalue weighted by molar-refractivity contribution is 5.96. The highest BCUT2D eigenvalue weighted by atomic mass is 16.6. The van der Waals surface area contributed by atoms with E-state index in [0.29, 0.717) is 24.5 Å². The van der Waals surface area contributed by atoms with Gasteiger partial charge in [-0.05, 0) is 99.4 Å². The molecule has 13 heteroatoms. The van der Waals surface area contributed by atoms with Crippen LogP contribution in [0, 0.1) is 17.8 Å². The lowest BCUT2D eigenvalue weighted by atomic mass is 9.77. The Morgan fingerprint density at radius 3 is 2.36 bits per heavy atom. The van der Waals surface area contributed by atoms with E-state index in [1.807, 2.05) is 45.0 Å². The number of hydrogen-bond donors (Lipinski definition) is 4. The van der Waals surface area contributed by atoms with Gasteiger partial charge in [0.05, 0.1) is 0 Å². The number of alkyl carbamates (subject to hydrolysis) is 1. The molecular formula is C34H41N9O4. The first-order chi connectivity index (χ1) is 22.5. The fraction of sp³-hybridized carbons (Fsp3) is 0.412. The zero-order valence-electron chi connectivity index (χ0n) is 26.9. The number of H-pyrrole nitrogens is 1. The highest BCUT2D eigenvalue weighted by Gasteiger charge is 2.31. The molecule has 2 heterocycles. The number of hydrogen-bond acceptors (Lipinski definition) is 10. The molecule has 0 bridgehead atoms. The van der Waals surface area contributed by atoms with Crippen LogP contribution in [0.2, 0.25) is 0 Å². The van der Waals surface area contributed by atoms with Gasteiger partial charge >= 0.3 is 6.09 Å². The molecule has 0 aliphatic heterocycles. The van der Waals surface area contributed by atoms with Gasteiger partial charge in [0.15, 0.2) is 0 Å². The molecule has 4 aromatic rings. The number of rotatable bonds is 11. The average Bonchev–Trinajstić information content (AvgIpc) is 3.59. The van der Waals surface area contributed by atoms with Crippen LogP contribution in [0.4, 0.5) is 16.4 Å². The van der Waals surface area contributed by atoms with Gasteiger partial charge in [0.2, 0.25) is 17.7 Å². The summed E-state index contributed by atoms with van der Waals surface area (Å²) in [4.78, 5) is 47.7. The van der Waals surface area contributed by atoms with Crippen molar-refractivity contribution in [2.24, 2.45) is 17.8 Å². The molecule has 2 aromatic heterocycles. The summed E-state index contributed by atoms with van der Waals surface area (Å²) >= 11 is 0. The Bertz CT molecular complexity index is 1640. The summed E-state index contributed by atoms with van der Waals surface area (Å²) in [6, 6.07) is 15.0. The molecular weight excluding hydrogens is 598 g/mol. The van der Waals surface area contributed by atoms with Crippen LogP contribution in [0.1, 0.15) is 58.4 Å². The molecule has 5 N–H and O–H groups in total. The molecule has 2 aromatic carbocycles. The van der Waals surface area contributed by atoms with E-state index in [0.717, 1.165) is 47.9 Å². The lowest BCUT2D eigenvalue weighted by Crippen LogP contribution is -2.37. The standard InChI is InChI=1S/C34H41N9O4/c1-34(2,3)47-33(46)38-18-21-7-9-23(10-8-21)29(44)17-26(16-22-5-4-6-25(15-22)27-19-36-32(35)37-20-27)31(45)39-28-13-11-24(12-14-28)30-40-42-43-41-30/h4-6,11-15,19-21,23,26H,7-10,16-18H2,1-3H3,(H,38,46)(H,39,45)(H2,35,36,37)(H,40,41,42,43)/t21?,23?,26-/m1/s1. The Kier molecular flexibility index (Phi) is 10.5. The number of aromatic nitrogens is 6. The first-order valence-corrected chi connectivity index (χ1v) is 15.8. The molecule has 2 amide bonds. The normalized spacial score (nSPS) is 17.0. The first kappa shape index (κ1) is 33.2. The zero-order chi connectivity index (χ0) is 33.4. The molecule has 13 nitrogen and oxygen atoms in total. The van der Waals surface area contributed by atoms with Crippen molar-refractivity contribution >= 4 is 29.4 Å². The number of carbonyl (C=O) groups is 3.